The van der Waals surface area contributed by atoms with Gasteiger partial charge in [-0.05, 0) is 19.1 Å². The molecule has 2 aromatic rings. The number of benzene rings is 1. The molecule has 0 saturated carbocycles. The first-order chi connectivity index (χ1) is 10.1. The molecule has 1 aliphatic rings. The minimum atomic E-state index is -0.535. The summed E-state index contributed by atoms with van der Waals surface area (Å²) in [6.07, 6.45) is 0. The van der Waals surface area contributed by atoms with Crippen LogP contribution in [0.15, 0.2) is 24.3 Å². The third-order valence-corrected chi connectivity index (χ3v) is 4.40. The number of hydrogen-bond acceptors (Lipinski definition) is 4. The second kappa shape index (κ2) is 5.36. The highest BCUT2D eigenvalue weighted by Crippen LogP contribution is 2.16. The number of rotatable bonds is 3. The molecule has 21 heavy (non-hydrogen) atoms. The van der Waals surface area contributed by atoms with Crippen LogP contribution < -0.4 is 15.3 Å². The van der Waals surface area contributed by atoms with Gasteiger partial charge in [-0.15, -0.1) is 4.68 Å². The molecule has 7 nitrogen and oxygen atoms in total. The lowest BCUT2D eigenvalue weighted by Crippen LogP contribution is -2.61. The number of nitrogens with zero attached hydrogens (tertiary/aromatic N) is 3. The zero-order valence-corrected chi connectivity index (χ0v) is 12.6. The Morgan fingerprint density at radius 2 is 2.05 bits per heavy atom. The maximum absolute atomic E-state index is 11.9. The van der Waals surface area contributed by atoms with E-state index in [-0.39, 0.29) is 11.8 Å². The fraction of sp³-hybridized carbons (Fsp3) is 0.385. The standard InChI is InChI=1S/C13H15N5O2S/c1-8-12(19)15-9(13(20)14-8)7-21-18-11-6-4-3-5-10(11)17(2)16-18/h3-6,8-9H,7H2,1-2H3,(H-,14,15,19,20)/p+1/t8?,9-/m0/s1. The number of carbonyl (C=O) groups excluding carboxylic acids is 2. The first-order valence-corrected chi connectivity index (χ1v) is 7.58. The summed E-state index contributed by atoms with van der Waals surface area (Å²) in [4.78, 5) is 23.5. The van der Waals surface area contributed by atoms with Gasteiger partial charge in [0.15, 0.2) is 5.52 Å². The fourth-order valence-electron chi connectivity index (χ4n) is 2.22. The van der Waals surface area contributed by atoms with Crippen molar-refractivity contribution in [2.24, 2.45) is 7.05 Å². The first kappa shape index (κ1) is 13.9. The Balaban J connectivity index is 1.75. The summed E-state index contributed by atoms with van der Waals surface area (Å²) in [6, 6.07) is 6.84. The van der Waals surface area contributed by atoms with E-state index in [4.69, 9.17) is 0 Å². The Morgan fingerprint density at radius 3 is 2.86 bits per heavy atom. The van der Waals surface area contributed by atoms with Crippen LogP contribution in [0.5, 0.6) is 0 Å². The van der Waals surface area contributed by atoms with E-state index in [1.165, 1.54) is 11.9 Å². The van der Waals surface area contributed by atoms with Gasteiger partial charge in [-0.25, -0.2) is 0 Å². The number of aryl methyl sites for hydroxylation is 1. The molecule has 2 atom stereocenters. The van der Waals surface area contributed by atoms with E-state index in [0.717, 1.165) is 11.0 Å². The average Bonchev–Trinajstić information content (AvgIpc) is 2.79. The van der Waals surface area contributed by atoms with Gasteiger partial charge in [0.25, 0.3) is 0 Å². The molecule has 0 bridgehead atoms. The van der Waals surface area contributed by atoms with Gasteiger partial charge in [0.05, 0.1) is 17.7 Å². The van der Waals surface area contributed by atoms with Gasteiger partial charge < -0.3 is 10.6 Å². The van der Waals surface area contributed by atoms with E-state index < -0.39 is 12.1 Å². The Morgan fingerprint density at radius 1 is 1.29 bits per heavy atom. The van der Waals surface area contributed by atoms with Crippen molar-refractivity contribution in [3.63, 3.8) is 0 Å². The Kier molecular flexibility index (Phi) is 3.54. The zero-order chi connectivity index (χ0) is 15.0. The molecule has 3 rings (SSSR count). The lowest BCUT2D eigenvalue weighted by atomic mass is 10.2. The van der Waals surface area contributed by atoms with Gasteiger partial charge in [-0.2, -0.15) is 0 Å². The van der Waals surface area contributed by atoms with Crippen LogP contribution in [-0.2, 0) is 16.6 Å². The minimum Gasteiger partial charge on any atom is -0.343 e. The highest BCUT2D eigenvalue weighted by atomic mass is 32.2. The number of hydrogen-bond donors (Lipinski definition) is 2. The molecule has 110 valence electrons. The van der Waals surface area contributed by atoms with Crippen LogP contribution in [0.4, 0.5) is 0 Å². The monoisotopic (exact) mass is 306 g/mol. The second-order valence-electron chi connectivity index (χ2n) is 4.96. The third-order valence-electron chi connectivity index (χ3n) is 3.40. The van der Waals surface area contributed by atoms with Crippen molar-refractivity contribution in [2.45, 2.75) is 19.0 Å². The summed E-state index contributed by atoms with van der Waals surface area (Å²) in [6.45, 7) is 1.66. The molecule has 8 heteroatoms. The summed E-state index contributed by atoms with van der Waals surface area (Å²) in [5.74, 6) is 0.113. The smallest absolute Gasteiger partial charge is 0.244 e. The predicted molar refractivity (Wildman–Crippen MR) is 78.3 cm³/mol. The molecular weight excluding hydrogens is 290 g/mol. The Bertz CT molecular complexity index is 714. The Hall–Kier alpha value is -2.09. The van der Waals surface area contributed by atoms with E-state index in [1.54, 1.807) is 15.7 Å². The van der Waals surface area contributed by atoms with Crippen molar-refractivity contribution in [3.05, 3.63) is 24.3 Å². The number of nitrogens with one attached hydrogen (secondary N) is 2. The molecule has 1 aliphatic heterocycles. The van der Waals surface area contributed by atoms with Gasteiger partial charge in [-0.1, -0.05) is 16.2 Å². The van der Waals surface area contributed by atoms with Crippen molar-refractivity contribution < 1.29 is 14.3 Å². The van der Waals surface area contributed by atoms with E-state index in [2.05, 4.69) is 15.8 Å². The summed E-state index contributed by atoms with van der Waals surface area (Å²) in [7, 11) is 1.87. The van der Waals surface area contributed by atoms with Gasteiger partial charge >= 0.3 is 0 Å². The maximum atomic E-state index is 11.9. The van der Waals surface area contributed by atoms with E-state index in [0.29, 0.717) is 5.75 Å². The molecule has 1 fully saturated rings. The average molecular weight is 306 g/mol. The molecule has 0 aliphatic carbocycles. The zero-order valence-electron chi connectivity index (χ0n) is 11.7. The summed E-state index contributed by atoms with van der Waals surface area (Å²) in [5, 5.41) is 9.76. The summed E-state index contributed by atoms with van der Waals surface area (Å²) in [5.41, 5.74) is 1.98. The molecule has 0 radical (unpaired) electrons. The summed E-state index contributed by atoms with van der Waals surface area (Å²) >= 11 is 1.39. The lowest BCUT2D eigenvalue weighted by Gasteiger charge is -2.26. The normalized spacial score (nSPS) is 22.2. The van der Waals surface area contributed by atoms with Gasteiger partial charge in [0, 0.05) is 0 Å². The van der Waals surface area contributed by atoms with E-state index >= 15 is 0 Å². The van der Waals surface area contributed by atoms with Crippen LogP contribution in [-0.4, -0.2) is 39.0 Å². The third kappa shape index (κ3) is 2.58. The van der Waals surface area contributed by atoms with Crippen molar-refractivity contribution in [1.82, 2.24) is 19.9 Å². The SMILES string of the molecule is CC1NC(=O)[C@H](CSn2n[n+](C)c3ccccc32)NC1=O. The molecule has 2 N–H and O–H groups in total. The van der Waals surface area contributed by atoms with Crippen molar-refractivity contribution in [2.75, 3.05) is 5.75 Å². The number of aromatic nitrogens is 3. The lowest BCUT2D eigenvalue weighted by molar-refractivity contribution is -0.707. The van der Waals surface area contributed by atoms with Crippen LogP contribution in [0.25, 0.3) is 11.0 Å². The van der Waals surface area contributed by atoms with Crippen LogP contribution in [0.1, 0.15) is 6.92 Å². The van der Waals surface area contributed by atoms with Crippen molar-refractivity contribution >= 4 is 34.8 Å². The van der Waals surface area contributed by atoms with Crippen LogP contribution in [0.3, 0.4) is 0 Å². The molecule has 0 spiro atoms. The van der Waals surface area contributed by atoms with E-state index in [1.807, 2.05) is 31.3 Å². The highest BCUT2D eigenvalue weighted by molar-refractivity contribution is 7.97. The van der Waals surface area contributed by atoms with Crippen molar-refractivity contribution in [1.29, 1.82) is 0 Å². The van der Waals surface area contributed by atoms with Gasteiger partial charge in [0.2, 0.25) is 17.3 Å². The second-order valence-corrected chi connectivity index (χ2v) is 5.90. The van der Waals surface area contributed by atoms with E-state index in [9.17, 15) is 9.59 Å². The largest absolute Gasteiger partial charge is 0.343 e. The number of carbonyl (C=O) groups is 2. The highest BCUT2D eigenvalue weighted by Gasteiger charge is 2.32. The number of para-hydroxylation sites is 2. The maximum Gasteiger partial charge on any atom is 0.244 e. The molecule has 2 heterocycles. The molecular formula is C13H16N5O2S+. The summed E-state index contributed by atoms with van der Waals surface area (Å²) < 4.78 is 3.55. The predicted octanol–water partition coefficient (Wildman–Crippen LogP) is -0.640. The molecule has 1 aromatic heterocycles. The molecule has 1 saturated heterocycles. The molecule has 1 aromatic carbocycles. The fourth-order valence-corrected chi connectivity index (χ4v) is 3.20. The molecule has 1 unspecified atom stereocenters. The minimum absolute atomic E-state index is 0.156. The van der Waals surface area contributed by atoms with Gasteiger partial charge in [-0.3, -0.25) is 9.59 Å². The van der Waals surface area contributed by atoms with Crippen molar-refractivity contribution in [3.8, 4) is 0 Å². The van der Waals surface area contributed by atoms with Crippen LogP contribution in [0.2, 0.25) is 0 Å². The Labute approximate surface area is 125 Å². The van der Waals surface area contributed by atoms with Crippen LogP contribution in [0, 0.1) is 0 Å². The van der Waals surface area contributed by atoms with Crippen LogP contribution >= 0.6 is 11.9 Å². The molecule has 2 amide bonds. The number of fused-ring (bicyclic) bond motifs is 1. The topological polar surface area (TPSA) is 79.9 Å². The number of piperazine rings is 1. The first-order valence-electron chi connectivity index (χ1n) is 6.64. The van der Waals surface area contributed by atoms with Gasteiger partial charge in [0.1, 0.15) is 24.3 Å². The quantitative estimate of drug-likeness (QED) is 0.739. The number of amides is 2.